The number of aliphatic imine (C=N–C) groups is 1. The molecule has 0 aliphatic carbocycles. The van der Waals surface area contributed by atoms with E-state index >= 15 is 0 Å². The summed E-state index contributed by atoms with van der Waals surface area (Å²) in [5.41, 5.74) is 8.16. The third-order valence-electron chi connectivity index (χ3n) is 4.00. The normalized spacial score (nSPS) is 20.7. The van der Waals surface area contributed by atoms with Gasteiger partial charge in [0, 0.05) is 24.6 Å². The fourth-order valence-electron chi connectivity index (χ4n) is 2.66. The molecule has 0 spiro atoms. The molecule has 126 valence electrons. The van der Waals surface area contributed by atoms with Crippen molar-refractivity contribution in [3.05, 3.63) is 44.1 Å². The Kier molecular flexibility index (Phi) is 5.08. The summed E-state index contributed by atoms with van der Waals surface area (Å²) in [5.74, 6) is 0.991. The van der Waals surface area contributed by atoms with Crippen molar-refractivity contribution < 1.29 is 4.79 Å². The third-order valence-corrected chi connectivity index (χ3v) is 6.45. The number of amidine groups is 1. The molecule has 1 aliphatic heterocycles. The van der Waals surface area contributed by atoms with Crippen LogP contribution in [-0.2, 0) is 12.0 Å². The van der Waals surface area contributed by atoms with Crippen LogP contribution in [0, 0.1) is 6.92 Å². The third kappa shape index (κ3) is 3.70. The average Bonchev–Trinajstić information content (AvgIpc) is 2.86. The average molecular weight is 425 g/mol. The van der Waals surface area contributed by atoms with Crippen LogP contribution in [0.4, 0.5) is 0 Å². The Morgan fingerprint density at radius 3 is 2.92 bits per heavy atom. The molecule has 2 aromatic heterocycles. The van der Waals surface area contributed by atoms with Crippen LogP contribution in [0.3, 0.4) is 0 Å². The lowest BCUT2D eigenvalue weighted by molar-refractivity contribution is 0.0996. The Morgan fingerprint density at radius 2 is 2.25 bits per heavy atom. The number of rotatable bonds is 4. The van der Waals surface area contributed by atoms with Gasteiger partial charge in [-0.1, -0.05) is 11.8 Å². The zero-order chi connectivity index (χ0) is 17.3. The summed E-state index contributed by atoms with van der Waals surface area (Å²) in [6, 6.07) is 2.02. The summed E-state index contributed by atoms with van der Waals surface area (Å²) in [5, 5.41) is 0.607. The first-order chi connectivity index (χ1) is 11.4. The van der Waals surface area contributed by atoms with Crippen LogP contribution < -0.4 is 5.73 Å². The molecule has 8 heteroatoms. The molecule has 0 saturated heterocycles. The Labute approximate surface area is 157 Å². The Morgan fingerprint density at radius 1 is 1.46 bits per heavy atom. The van der Waals surface area contributed by atoms with E-state index in [4.69, 9.17) is 5.73 Å². The number of halogens is 1. The van der Waals surface area contributed by atoms with Gasteiger partial charge in [0.15, 0.2) is 14.9 Å². The summed E-state index contributed by atoms with van der Waals surface area (Å²) < 4.78 is 0.729. The minimum absolute atomic E-state index is 0.0574. The van der Waals surface area contributed by atoms with Gasteiger partial charge < -0.3 is 5.73 Å². The van der Waals surface area contributed by atoms with Crippen molar-refractivity contribution in [3.63, 3.8) is 0 Å². The number of Topliss-reactive ketones (excluding diaryl/α,β-unsaturated/α-hetero) is 1. The van der Waals surface area contributed by atoms with Crippen molar-refractivity contribution in [2.45, 2.75) is 32.2 Å². The molecule has 0 radical (unpaired) electrons. The zero-order valence-electron chi connectivity index (χ0n) is 13.4. The number of hydrogen-bond acceptors (Lipinski definition) is 7. The number of thiazole rings is 1. The van der Waals surface area contributed by atoms with Crippen LogP contribution in [0.2, 0.25) is 0 Å². The predicted octanol–water partition coefficient (Wildman–Crippen LogP) is 3.70. The lowest BCUT2D eigenvalue weighted by Gasteiger charge is -2.29. The molecule has 1 aliphatic rings. The monoisotopic (exact) mass is 424 g/mol. The number of aromatic nitrogens is 2. The smallest absolute Gasteiger partial charge is 0.179 e. The Bertz CT molecular complexity index is 820. The molecule has 2 N–H and O–H groups in total. The van der Waals surface area contributed by atoms with Gasteiger partial charge in [0.1, 0.15) is 0 Å². The maximum atomic E-state index is 12.5. The number of thioether (sulfide) groups is 1. The van der Waals surface area contributed by atoms with Crippen molar-refractivity contribution in [1.29, 1.82) is 0 Å². The predicted molar refractivity (Wildman–Crippen MR) is 103 cm³/mol. The molecule has 0 saturated carbocycles. The van der Waals surface area contributed by atoms with Gasteiger partial charge in [-0.05, 0) is 53.4 Å². The van der Waals surface area contributed by atoms with E-state index in [1.165, 1.54) is 11.3 Å². The van der Waals surface area contributed by atoms with Crippen LogP contribution in [0.25, 0.3) is 0 Å². The topological polar surface area (TPSA) is 81.2 Å². The molecule has 3 rings (SSSR count). The molecular weight excluding hydrogens is 408 g/mol. The Balaban J connectivity index is 1.85. The highest BCUT2D eigenvalue weighted by atomic mass is 79.9. The highest BCUT2D eigenvalue weighted by molar-refractivity contribution is 9.11. The van der Waals surface area contributed by atoms with E-state index in [-0.39, 0.29) is 11.3 Å². The maximum Gasteiger partial charge on any atom is 0.179 e. The minimum atomic E-state index is -0.370. The summed E-state index contributed by atoms with van der Waals surface area (Å²) in [6.07, 6.45) is 4.76. The summed E-state index contributed by atoms with van der Waals surface area (Å²) in [4.78, 5) is 26.4. The molecule has 0 aromatic carbocycles. The van der Waals surface area contributed by atoms with Gasteiger partial charge in [-0.15, -0.1) is 11.3 Å². The maximum absolute atomic E-state index is 12.5. The standard InChI is InChI=1S/C16H17BrN4OS2/c1-9-13(24-14(17)20-9)12(22)6-10-5-11(8-19-7-10)16(2)3-4-23-15(18)21-16/h5,7-8H,3-4,6H2,1-2H3,(H2,18,21)/t16-/m0/s1. The number of pyridine rings is 1. The van der Waals surface area contributed by atoms with E-state index in [0.29, 0.717) is 16.5 Å². The molecule has 0 bridgehead atoms. The first-order valence-electron chi connectivity index (χ1n) is 7.46. The van der Waals surface area contributed by atoms with E-state index in [0.717, 1.165) is 32.9 Å². The van der Waals surface area contributed by atoms with Gasteiger partial charge in [0.05, 0.1) is 16.1 Å². The van der Waals surface area contributed by atoms with Crippen molar-refractivity contribution >= 4 is 50.0 Å². The van der Waals surface area contributed by atoms with Crippen LogP contribution >= 0.6 is 39.0 Å². The molecule has 1 atom stereocenters. The van der Waals surface area contributed by atoms with E-state index in [1.54, 1.807) is 18.0 Å². The van der Waals surface area contributed by atoms with E-state index in [1.807, 2.05) is 19.2 Å². The SMILES string of the molecule is Cc1nc(Br)sc1C(=O)Cc1cncc([C@]2(C)CCSC(N)=N2)c1. The highest BCUT2D eigenvalue weighted by Gasteiger charge is 2.30. The first kappa shape index (κ1) is 17.6. The van der Waals surface area contributed by atoms with E-state index in [9.17, 15) is 4.79 Å². The zero-order valence-corrected chi connectivity index (χ0v) is 16.6. The second-order valence-electron chi connectivity index (χ2n) is 5.89. The lowest BCUT2D eigenvalue weighted by atomic mass is 9.90. The van der Waals surface area contributed by atoms with Crippen molar-refractivity contribution in [1.82, 2.24) is 9.97 Å². The number of hydrogen-bond donors (Lipinski definition) is 1. The van der Waals surface area contributed by atoms with Crippen LogP contribution in [0.5, 0.6) is 0 Å². The van der Waals surface area contributed by atoms with Gasteiger partial charge in [0.25, 0.3) is 0 Å². The van der Waals surface area contributed by atoms with Crippen LogP contribution in [-0.4, -0.2) is 26.7 Å². The molecule has 0 unspecified atom stereocenters. The number of aryl methyl sites for hydroxylation is 1. The van der Waals surface area contributed by atoms with Gasteiger partial charge in [-0.25, -0.2) is 4.98 Å². The minimum Gasteiger partial charge on any atom is -0.379 e. The van der Waals surface area contributed by atoms with Crippen molar-refractivity contribution in [3.8, 4) is 0 Å². The number of carbonyl (C=O) groups is 1. The van der Waals surface area contributed by atoms with Crippen molar-refractivity contribution in [2.24, 2.45) is 10.7 Å². The summed E-state index contributed by atoms with van der Waals surface area (Å²) in [6.45, 7) is 3.91. The number of nitrogens with zero attached hydrogens (tertiary/aromatic N) is 3. The lowest BCUT2D eigenvalue weighted by Crippen LogP contribution is -2.29. The van der Waals surface area contributed by atoms with E-state index in [2.05, 4.69) is 37.8 Å². The molecule has 5 nitrogen and oxygen atoms in total. The Hall–Kier alpha value is -1.25. The highest BCUT2D eigenvalue weighted by Crippen LogP contribution is 2.35. The van der Waals surface area contributed by atoms with E-state index < -0.39 is 0 Å². The van der Waals surface area contributed by atoms with Crippen LogP contribution in [0.15, 0.2) is 27.4 Å². The number of carbonyl (C=O) groups excluding carboxylic acids is 1. The molecule has 24 heavy (non-hydrogen) atoms. The fourth-order valence-corrected chi connectivity index (χ4v) is 5.12. The molecule has 0 fully saturated rings. The second kappa shape index (κ2) is 6.93. The first-order valence-corrected chi connectivity index (χ1v) is 10.1. The largest absolute Gasteiger partial charge is 0.379 e. The fraction of sp³-hybridized carbons (Fsp3) is 0.375. The quantitative estimate of drug-likeness (QED) is 0.756. The molecule has 3 heterocycles. The number of ketones is 1. The van der Waals surface area contributed by atoms with Crippen LogP contribution in [0.1, 0.15) is 39.8 Å². The summed E-state index contributed by atoms with van der Waals surface area (Å²) in [7, 11) is 0. The number of nitrogens with two attached hydrogens (primary N) is 1. The van der Waals surface area contributed by atoms with Gasteiger partial charge in [0.2, 0.25) is 0 Å². The summed E-state index contributed by atoms with van der Waals surface area (Å²) >= 11 is 6.27. The van der Waals surface area contributed by atoms with Gasteiger partial charge in [-0.3, -0.25) is 14.8 Å². The van der Waals surface area contributed by atoms with Crippen molar-refractivity contribution in [2.75, 3.05) is 5.75 Å². The van der Waals surface area contributed by atoms with Gasteiger partial charge in [-0.2, -0.15) is 0 Å². The molecule has 2 aromatic rings. The second-order valence-corrected chi connectivity index (χ2v) is 9.28. The molecular formula is C16H17BrN4OS2. The molecule has 0 amide bonds. The van der Waals surface area contributed by atoms with Gasteiger partial charge >= 0.3 is 0 Å².